The molecule has 34 heavy (non-hydrogen) atoms. The Kier molecular flexibility index (Phi) is 10.3. The molecule has 10 heteroatoms. The van der Waals surface area contributed by atoms with Crippen LogP contribution in [0.2, 0.25) is 0 Å². The average Bonchev–Trinajstić information content (AvgIpc) is 3.54. The van der Waals surface area contributed by atoms with Crippen molar-refractivity contribution < 1.29 is 18.7 Å². The number of rotatable bonds is 14. The second kappa shape index (κ2) is 13.6. The van der Waals surface area contributed by atoms with Gasteiger partial charge in [-0.1, -0.05) is 11.6 Å². The Balaban J connectivity index is 1.66. The summed E-state index contributed by atoms with van der Waals surface area (Å²) in [6.45, 7) is 6.04. The van der Waals surface area contributed by atoms with Gasteiger partial charge in [0.25, 0.3) is 11.8 Å². The van der Waals surface area contributed by atoms with Crippen LogP contribution in [0.15, 0.2) is 24.4 Å². The molecule has 1 saturated heterocycles. The highest BCUT2D eigenvalue weighted by Gasteiger charge is 2.17. The molecule has 186 valence electrons. The number of nitrogens with zero attached hydrogens (tertiary/aromatic N) is 4. The maximum atomic E-state index is 12.5. The number of hydrogen-bond donors (Lipinski definition) is 2. The minimum Gasteiger partial charge on any atom is -0.491 e. The maximum Gasteiger partial charge on any atom is 0.273 e. The zero-order chi connectivity index (χ0) is 24.2. The van der Waals surface area contributed by atoms with Gasteiger partial charge >= 0.3 is 0 Å². The predicted molar refractivity (Wildman–Crippen MR) is 127 cm³/mol. The van der Waals surface area contributed by atoms with Gasteiger partial charge in [-0.05, 0) is 70.3 Å². The molecule has 0 saturated carbocycles. The van der Waals surface area contributed by atoms with Gasteiger partial charge in [0.15, 0.2) is 5.69 Å². The van der Waals surface area contributed by atoms with E-state index in [2.05, 4.69) is 25.8 Å². The normalized spacial score (nSPS) is 13.7. The molecule has 2 heterocycles. The molecule has 2 N–H and O–H groups in total. The molecule has 1 aliphatic rings. The summed E-state index contributed by atoms with van der Waals surface area (Å²) in [5, 5.41) is 13.8. The lowest BCUT2D eigenvalue weighted by Gasteiger charge is -2.14. The number of carbonyl (C=O) groups is 2. The number of aromatic nitrogens is 3. The Hall–Kier alpha value is -3.01. The smallest absolute Gasteiger partial charge is 0.273 e. The molecule has 0 atom stereocenters. The summed E-state index contributed by atoms with van der Waals surface area (Å²) in [6, 6.07) is 5.08. The van der Waals surface area contributed by atoms with E-state index >= 15 is 0 Å². The van der Waals surface area contributed by atoms with Crippen molar-refractivity contribution in [1.29, 1.82) is 0 Å². The quantitative estimate of drug-likeness (QED) is 0.408. The van der Waals surface area contributed by atoms with Crippen LogP contribution < -0.4 is 15.4 Å². The van der Waals surface area contributed by atoms with Gasteiger partial charge in [0, 0.05) is 25.2 Å². The molecule has 9 nitrogen and oxygen atoms in total. The summed E-state index contributed by atoms with van der Waals surface area (Å²) in [6.07, 6.45) is 6.98. The van der Waals surface area contributed by atoms with Crippen LogP contribution in [0.4, 0.5) is 4.39 Å². The van der Waals surface area contributed by atoms with Gasteiger partial charge in [-0.3, -0.25) is 14.0 Å². The number of alkyl halides is 1. The molecule has 1 fully saturated rings. The lowest BCUT2D eigenvalue weighted by Crippen LogP contribution is -2.33. The summed E-state index contributed by atoms with van der Waals surface area (Å²) in [7, 11) is 0. The first-order valence-electron chi connectivity index (χ1n) is 12.2. The second-order valence-electron chi connectivity index (χ2n) is 8.35. The maximum absolute atomic E-state index is 12.5. The van der Waals surface area contributed by atoms with Crippen LogP contribution in [0.1, 0.15) is 66.3 Å². The molecule has 1 aromatic heterocycles. The summed E-state index contributed by atoms with van der Waals surface area (Å²) >= 11 is 0. The van der Waals surface area contributed by atoms with E-state index in [-0.39, 0.29) is 24.2 Å². The highest BCUT2D eigenvalue weighted by Crippen LogP contribution is 2.25. The molecule has 1 aliphatic heterocycles. The molecular weight excluding hydrogens is 439 g/mol. The van der Waals surface area contributed by atoms with Crippen molar-refractivity contribution in [2.24, 2.45) is 0 Å². The van der Waals surface area contributed by atoms with Crippen molar-refractivity contribution in [3.63, 3.8) is 0 Å². The SMILES string of the molecule is CCNC(=O)c1ccc(-n2cc(C(=O)NCCN3CCCC3)nn2)c(OCCCCCCF)c1. The van der Waals surface area contributed by atoms with Crippen LogP contribution in [0.3, 0.4) is 0 Å². The number of unbranched alkanes of at least 4 members (excludes halogenated alkanes) is 3. The Labute approximate surface area is 200 Å². The average molecular weight is 475 g/mol. The summed E-state index contributed by atoms with van der Waals surface area (Å²) in [5.74, 6) is -0.00152. The lowest BCUT2D eigenvalue weighted by molar-refractivity contribution is 0.0940. The number of benzene rings is 1. The van der Waals surface area contributed by atoms with Crippen LogP contribution in [0, 0.1) is 0 Å². The van der Waals surface area contributed by atoms with Gasteiger partial charge in [0.2, 0.25) is 0 Å². The Morgan fingerprint density at radius 1 is 1.09 bits per heavy atom. The van der Waals surface area contributed by atoms with E-state index in [9.17, 15) is 14.0 Å². The van der Waals surface area contributed by atoms with Gasteiger partial charge < -0.3 is 20.3 Å². The van der Waals surface area contributed by atoms with Crippen LogP contribution in [0.25, 0.3) is 5.69 Å². The Bertz CT molecular complexity index is 929. The molecule has 0 bridgehead atoms. The first kappa shape index (κ1) is 25.6. The van der Waals surface area contributed by atoms with E-state index in [4.69, 9.17) is 4.74 Å². The molecule has 3 rings (SSSR count). The first-order valence-corrected chi connectivity index (χ1v) is 12.2. The molecule has 0 unspecified atom stereocenters. The van der Waals surface area contributed by atoms with Gasteiger partial charge in [0.05, 0.1) is 19.5 Å². The van der Waals surface area contributed by atoms with Crippen LogP contribution in [-0.2, 0) is 0 Å². The molecule has 2 aromatic rings. The number of ether oxygens (including phenoxy) is 1. The van der Waals surface area contributed by atoms with Crippen LogP contribution in [-0.4, -0.2) is 77.7 Å². The predicted octanol–water partition coefficient (Wildman–Crippen LogP) is 2.75. The highest BCUT2D eigenvalue weighted by atomic mass is 19.1. The highest BCUT2D eigenvalue weighted by molar-refractivity contribution is 5.95. The van der Waals surface area contributed by atoms with E-state index in [1.54, 1.807) is 24.4 Å². The van der Waals surface area contributed by atoms with E-state index < -0.39 is 0 Å². The number of carbonyl (C=O) groups excluding carboxylic acids is 2. The van der Waals surface area contributed by atoms with E-state index in [0.29, 0.717) is 43.1 Å². The largest absolute Gasteiger partial charge is 0.491 e. The molecular formula is C24H35FN6O3. The van der Waals surface area contributed by atoms with E-state index in [0.717, 1.165) is 38.9 Å². The third-order valence-electron chi connectivity index (χ3n) is 5.73. The van der Waals surface area contributed by atoms with Crippen molar-refractivity contribution >= 4 is 11.8 Å². The zero-order valence-corrected chi connectivity index (χ0v) is 19.9. The molecule has 1 aromatic carbocycles. The number of nitrogens with one attached hydrogen (secondary N) is 2. The summed E-state index contributed by atoms with van der Waals surface area (Å²) in [4.78, 5) is 27.1. The molecule has 0 spiro atoms. The van der Waals surface area contributed by atoms with Gasteiger partial charge in [-0.25, -0.2) is 4.68 Å². The van der Waals surface area contributed by atoms with Gasteiger partial charge in [-0.2, -0.15) is 0 Å². The van der Waals surface area contributed by atoms with Crippen molar-refractivity contribution in [3.8, 4) is 11.4 Å². The Morgan fingerprint density at radius 2 is 1.88 bits per heavy atom. The third kappa shape index (κ3) is 7.51. The number of likely N-dealkylation sites (tertiary alicyclic amines) is 1. The van der Waals surface area contributed by atoms with Crippen molar-refractivity contribution in [2.75, 3.05) is 46.0 Å². The van der Waals surface area contributed by atoms with E-state index in [1.807, 2.05) is 6.92 Å². The third-order valence-corrected chi connectivity index (χ3v) is 5.73. The molecule has 0 radical (unpaired) electrons. The van der Waals surface area contributed by atoms with Crippen molar-refractivity contribution in [3.05, 3.63) is 35.7 Å². The molecule has 2 amide bonds. The fourth-order valence-corrected chi connectivity index (χ4v) is 3.87. The summed E-state index contributed by atoms with van der Waals surface area (Å²) in [5.41, 5.74) is 1.27. The fourth-order valence-electron chi connectivity index (χ4n) is 3.87. The second-order valence-corrected chi connectivity index (χ2v) is 8.35. The van der Waals surface area contributed by atoms with Crippen LogP contribution >= 0.6 is 0 Å². The standard InChI is InChI=1S/C24H35FN6O3/c1-2-26-23(32)19-9-10-21(22(17-19)34-16-8-4-3-5-11-25)31-18-20(28-29-31)24(33)27-12-15-30-13-6-7-14-30/h9-10,17-18H,2-8,11-16H2,1H3,(H,26,32)(H,27,33). The summed E-state index contributed by atoms with van der Waals surface area (Å²) < 4.78 is 19.7. The number of hydrogen-bond acceptors (Lipinski definition) is 6. The van der Waals surface area contributed by atoms with Crippen LogP contribution in [0.5, 0.6) is 5.75 Å². The van der Waals surface area contributed by atoms with Gasteiger partial charge in [0.1, 0.15) is 11.4 Å². The zero-order valence-electron chi connectivity index (χ0n) is 19.9. The first-order chi connectivity index (χ1) is 16.6. The van der Waals surface area contributed by atoms with Crippen molar-refractivity contribution in [2.45, 2.75) is 45.4 Å². The lowest BCUT2D eigenvalue weighted by atomic mass is 10.1. The Morgan fingerprint density at radius 3 is 2.65 bits per heavy atom. The number of amides is 2. The number of halogens is 1. The van der Waals surface area contributed by atoms with Crippen molar-refractivity contribution in [1.82, 2.24) is 30.5 Å². The minimum absolute atomic E-state index is 0.196. The monoisotopic (exact) mass is 474 g/mol. The van der Waals surface area contributed by atoms with Gasteiger partial charge in [-0.15, -0.1) is 5.10 Å². The minimum atomic E-state index is -0.305. The van der Waals surface area contributed by atoms with E-state index in [1.165, 1.54) is 17.5 Å². The fraction of sp³-hybridized carbons (Fsp3) is 0.583. The molecule has 0 aliphatic carbocycles. The topological polar surface area (TPSA) is 101 Å².